The summed E-state index contributed by atoms with van der Waals surface area (Å²) in [5.74, 6) is 1.46. The molecule has 0 unspecified atom stereocenters. The Hall–Kier alpha value is -1.26. The van der Waals surface area contributed by atoms with Crippen molar-refractivity contribution in [3.8, 4) is 0 Å². The van der Waals surface area contributed by atoms with Crippen molar-refractivity contribution < 1.29 is 14.3 Å². The van der Waals surface area contributed by atoms with Gasteiger partial charge < -0.3 is 4.74 Å². The fourth-order valence-electron chi connectivity index (χ4n) is 3.88. The van der Waals surface area contributed by atoms with E-state index in [1.54, 1.807) is 5.01 Å². The maximum atomic E-state index is 12.7. The second-order valence-corrected chi connectivity index (χ2v) is 7.56. The number of nitrogens with zero attached hydrogens (tertiary/aromatic N) is 2. The molecule has 2 atom stereocenters. The van der Waals surface area contributed by atoms with Crippen molar-refractivity contribution in [3.63, 3.8) is 0 Å². The van der Waals surface area contributed by atoms with Gasteiger partial charge in [0.05, 0.1) is 0 Å². The van der Waals surface area contributed by atoms with Crippen LogP contribution in [0.1, 0.15) is 52.9 Å². The van der Waals surface area contributed by atoms with Crippen LogP contribution in [0.2, 0.25) is 0 Å². The molecule has 2 amide bonds. The molecule has 1 aliphatic heterocycles. The van der Waals surface area contributed by atoms with E-state index in [-0.39, 0.29) is 11.8 Å². The van der Waals surface area contributed by atoms with Gasteiger partial charge in [-0.3, -0.25) is 4.79 Å². The van der Waals surface area contributed by atoms with Crippen molar-refractivity contribution in [1.82, 2.24) is 10.0 Å². The number of fused-ring (bicyclic) bond motifs is 1. The summed E-state index contributed by atoms with van der Waals surface area (Å²) in [6.45, 7) is 6.78. The number of rotatable bonds is 1. The Morgan fingerprint density at radius 3 is 2.10 bits per heavy atom. The standard InChI is InChI=1S/C16H26N2O3/c1-16(2,3)21-15(20)18-10-6-9-17(18)14(19)13-11-7-4-5-8-12(11)13/h11-13H,4-10H2,1-3H3/t11-,12-/m0/s1. The van der Waals surface area contributed by atoms with Gasteiger partial charge in [0.25, 0.3) is 0 Å². The van der Waals surface area contributed by atoms with Crippen molar-refractivity contribution in [3.05, 3.63) is 0 Å². The SMILES string of the molecule is CC(C)(C)OC(=O)N1CCCN1C(=O)C1[C@H]2CCCC[C@H]12. The predicted molar refractivity (Wildman–Crippen MR) is 78.2 cm³/mol. The first-order chi connectivity index (χ1) is 9.88. The number of amides is 2. The summed E-state index contributed by atoms with van der Waals surface area (Å²) in [6, 6.07) is 0. The Morgan fingerprint density at radius 1 is 0.952 bits per heavy atom. The molecular formula is C16H26N2O3. The highest BCUT2D eigenvalue weighted by molar-refractivity contribution is 5.84. The minimum atomic E-state index is -0.526. The summed E-state index contributed by atoms with van der Waals surface area (Å²) in [5.41, 5.74) is -0.526. The summed E-state index contributed by atoms with van der Waals surface area (Å²) in [5, 5.41) is 3.16. The molecule has 0 spiro atoms. The van der Waals surface area contributed by atoms with Crippen LogP contribution in [0.3, 0.4) is 0 Å². The van der Waals surface area contributed by atoms with Gasteiger partial charge in [-0.25, -0.2) is 14.8 Å². The zero-order valence-corrected chi connectivity index (χ0v) is 13.3. The first kappa shape index (κ1) is 14.7. The zero-order valence-electron chi connectivity index (χ0n) is 13.3. The lowest BCUT2D eigenvalue weighted by Crippen LogP contribution is -2.47. The van der Waals surface area contributed by atoms with Crippen molar-refractivity contribution in [2.45, 2.75) is 58.5 Å². The third-order valence-electron chi connectivity index (χ3n) is 4.83. The summed E-state index contributed by atoms with van der Waals surface area (Å²) in [6.07, 6.45) is 5.31. The molecule has 0 aromatic rings. The van der Waals surface area contributed by atoms with Crippen molar-refractivity contribution in [2.75, 3.05) is 13.1 Å². The van der Waals surface area contributed by atoms with Gasteiger partial charge in [-0.2, -0.15) is 0 Å². The van der Waals surface area contributed by atoms with Gasteiger partial charge in [-0.1, -0.05) is 12.8 Å². The molecule has 0 N–H and O–H groups in total. The lowest BCUT2D eigenvalue weighted by atomic mass is 10.0. The summed E-state index contributed by atoms with van der Waals surface area (Å²) in [7, 11) is 0. The average molecular weight is 294 g/mol. The van der Waals surface area contributed by atoms with Crippen LogP contribution in [-0.2, 0) is 9.53 Å². The first-order valence-electron chi connectivity index (χ1n) is 8.20. The summed E-state index contributed by atoms with van der Waals surface area (Å²) >= 11 is 0. The molecule has 2 aliphatic carbocycles. The molecule has 2 saturated carbocycles. The van der Waals surface area contributed by atoms with E-state index in [1.165, 1.54) is 30.7 Å². The van der Waals surface area contributed by atoms with E-state index in [0.29, 0.717) is 24.9 Å². The molecule has 3 aliphatic rings. The minimum Gasteiger partial charge on any atom is -0.442 e. The number of ether oxygens (including phenoxy) is 1. The molecule has 0 radical (unpaired) electrons. The van der Waals surface area contributed by atoms with E-state index in [0.717, 1.165) is 6.42 Å². The molecule has 21 heavy (non-hydrogen) atoms. The number of hydrogen-bond donors (Lipinski definition) is 0. The lowest BCUT2D eigenvalue weighted by molar-refractivity contribution is -0.145. The zero-order chi connectivity index (χ0) is 15.2. The largest absolute Gasteiger partial charge is 0.442 e. The first-order valence-corrected chi connectivity index (χ1v) is 8.20. The van der Waals surface area contributed by atoms with E-state index in [2.05, 4.69) is 0 Å². The van der Waals surface area contributed by atoms with Gasteiger partial charge in [0.15, 0.2) is 0 Å². The topological polar surface area (TPSA) is 49.9 Å². The summed E-state index contributed by atoms with van der Waals surface area (Å²) in [4.78, 5) is 25.0. The molecule has 1 saturated heterocycles. The fourth-order valence-corrected chi connectivity index (χ4v) is 3.88. The Labute approximate surface area is 126 Å². The molecular weight excluding hydrogens is 268 g/mol. The fraction of sp³-hybridized carbons (Fsp3) is 0.875. The van der Waals surface area contributed by atoms with Crippen LogP contribution in [0.15, 0.2) is 0 Å². The van der Waals surface area contributed by atoms with Gasteiger partial charge in [-0.15, -0.1) is 0 Å². The number of carbonyl (C=O) groups excluding carboxylic acids is 2. The highest BCUT2D eigenvalue weighted by Gasteiger charge is 2.57. The normalized spacial score (nSPS) is 31.9. The van der Waals surface area contributed by atoms with Crippen molar-refractivity contribution >= 4 is 12.0 Å². The maximum Gasteiger partial charge on any atom is 0.429 e. The second-order valence-electron chi connectivity index (χ2n) is 7.56. The van der Waals surface area contributed by atoms with Gasteiger partial charge in [0.1, 0.15) is 5.60 Å². The molecule has 5 heteroatoms. The molecule has 5 nitrogen and oxygen atoms in total. The van der Waals surface area contributed by atoms with E-state index in [4.69, 9.17) is 4.74 Å². The molecule has 118 valence electrons. The second kappa shape index (κ2) is 5.18. The van der Waals surface area contributed by atoms with Gasteiger partial charge in [0, 0.05) is 19.0 Å². The van der Waals surface area contributed by atoms with Crippen LogP contribution in [0.4, 0.5) is 4.79 Å². The molecule has 0 bridgehead atoms. The minimum absolute atomic E-state index is 0.148. The Morgan fingerprint density at radius 2 is 1.52 bits per heavy atom. The Bertz CT molecular complexity index is 431. The van der Waals surface area contributed by atoms with E-state index < -0.39 is 11.7 Å². The molecule has 3 rings (SSSR count). The Kier molecular flexibility index (Phi) is 3.62. The van der Waals surface area contributed by atoms with E-state index in [1.807, 2.05) is 20.8 Å². The predicted octanol–water partition coefficient (Wildman–Crippen LogP) is 2.81. The molecule has 1 heterocycles. The monoisotopic (exact) mass is 294 g/mol. The molecule has 0 aromatic carbocycles. The van der Waals surface area contributed by atoms with Crippen LogP contribution < -0.4 is 0 Å². The molecule has 3 fully saturated rings. The summed E-state index contributed by atoms with van der Waals surface area (Å²) < 4.78 is 5.41. The number of hydrazine groups is 1. The van der Waals surface area contributed by atoms with Crippen LogP contribution in [0.5, 0.6) is 0 Å². The van der Waals surface area contributed by atoms with Gasteiger partial charge in [0.2, 0.25) is 5.91 Å². The van der Waals surface area contributed by atoms with Crippen molar-refractivity contribution in [1.29, 1.82) is 0 Å². The smallest absolute Gasteiger partial charge is 0.429 e. The highest BCUT2D eigenvalue weighted by Crippen LogP contribution is 2.56. The third-order valence-corrected chi connectivity index (χ3v) is 4.83. The quantitative estimate of drug-likeness (QED) is 0.747. The highest BCUT2D eigenvalue weighted by atomic mass is 16.6. The van der Waals surface area contributed by atoms with Crippen LogP contribution in [0, 0.1) is 17.8 Å². The molecule has 0 aromatic heterocycles. The lowest BCUT2D eigenvalue weighted by Gasteiger charge is -2.30. The maximum absolute atomic E-state index is 12.7. The van der Waals surface area contributed by atoms with Crippen molar-refractivity contribution in [2.24, 2.45) is 17.8 Å². The Balaban J connectivity index is 1.64. The van der Waals surface area contributed by atoms with Crippen LogP contribution in [-0.4, -0.2) is 40.7 Å². The average Bonchev–Trinajstić information content (AvgIpc) is 2.90. The van der Waals surface area contributed by atoms with Crippen LogP contribution in [0.25, 0.3) is 0 Å². The van der Waals surface area contributed by atoms with Gasteiger partial charge >= 0.3 is 6.09 Å². The van der Waals surface area contributed by atoms with Gasteiger partial charge in [-0.05, 0) is 51.9 Å². The van der Waals surface area contributed by atoms with Crippen LogP contribution >= 0.6 is 0 Å². The number of carbonyl (C=O) groups is 2. The number of hydrogen-bond acceptors (Lipinski definition) is 3. The van der Waals surface area contributed by atoms with E-state index >= 15 is 0 Å². The van der Waals surface area contributed by atoms with E-state index in [9.17, 15) is 9.59 Å². The third kappa shape index (κ3) is 2.87.